The van der Waals surface area contributed by atoms with Crippen molar-refractivity contribution in [1.82, 2.24) is 10.3 Å². The van der Waals surface area contributed by atoms with Crippen LogP contribution in [0.2, 0.25) is 0 Å². The summed E-state index contributed by atoms with van der Waals surface area (Å²) in [6.45, 7) is 13.2. The van der Waals surface area contributed by atoms with Crippen LogP contribution >= 0.6 is 0 Å². The standard InChI is InChI=1S/C17H29N3/c1-13-6-7-14(2)20(12-13)16-8-9-18-15(10-16)11-19-17(3,4)5/h8-10,13-14,19H,6-7,11-12H2,1-5H3. The maximum atomic E-state index is 4.49. The summed E-state index contributed by atoms with van der Waals surface area (Å²) in [5.41, 5.74) is 2.58. The molecule has 1 saturated heterocycles. The molecule has 1 fully saturated rings. The molecular formula is C17H29N3. The molecule has 0 saturated carbocycles. The summed E-state index contributed by atoms with van der Waals surface area (Å²) in [4.78, 5) is 7.03. The Balaban J connectivity index is 2.08. The second-order valence-electron chi connectivity index (χ2n) is 7.29. The van der Waals surface area contributed by atoms with Gasteiger partial charge in [0.25, 0.3) is 0 Å². The zero-order valence-electron chi connectivity index (χ0n) is 13.6. The van der Waals surface area contributed by atoms with Gasteiger partial charge in [0, 0.05) is 36.6 Å². The number of nitrogens with zero attached hydrogens (tertiary/aromatic N) is 2. The fourth-order valence-corrected chi connectivity index (χ4v) is 2.74. The van der Waals surface area contributed by atoms with E-state index in [4.69, 9.17) is 0 Å². The zero-order valence-corrected chi connectivity index (χ0v) is 13.6. The van der Waals surface area contributed by atoms with Gasteiger partial charge in [-0.25, -0.2) is 0 Å². The van der Waals surface area contributed by atoms with Crippen LogP contribution in [0, 0.1) is 5.92 Å². The van der Waals surface area contributed by atoms with E-state index in [0.717, 1.165) is 24.7 Å². The summed E-state index contributed by atoms with van der Waals surface area (Å²) in [5, 5.41) is 3.51. The molecule has 112 valence electrons. The quantitative estimate of drug-likeness (QED) is 0.913. The normalized spacial score (nSPS) is 23.9. The third-order valence-electron chi connectivity index (χ3n) is 4.05. The molecule has 0 bridgehead atoms. The monoisotopic (exact) mass is 275 g/mol. The Hall–Kier alpha value is -1.09. The van der Waals surface area contributed by atoms with Crippen LogP contribution < -0.4 is 10.2 Å². The van der Waals surface area contributed by atoms with Crippen LogP contribution in [-0.4, -0.2) is 23.1 Å². The Morgan fingerprint density at radius 3 is 2.75 bits per heavy atom. The van der Waals surface area contributed by atoms with Gasteiger partial charge in [0.1, 0.15) is 0 Å². The van der Waals surface area contributed by atoms with Gasteiger partial charge in [0.05, 0.1) is 5.69 Å². The Bertz CT molecular complexity index is 436. The van der Waals surface area contributed by atoms with E-state index in [9.17, 15) is 0 Å². The van der Waals surface area contributed by atoms with Crippen LogP contribution in [0.5, 0.6) is 0 Å². The van der Waals surface area contributed by atoms with E-state index >= 15 is 0 Å². The van der Waals surface area contributed by atoms with E-state index in [1.54, 1.807) is 0 Å². The number of aromatic nitrogens is 1. The molecule has 1 aliphatic rings. The molecule has 20 heavy (non-hydrogen) atoms. The van der Waals surface area contributed by atoms with Crippen LogP contribution in [0.4, 0.5) is 5.69 Å². The lowest BCUT2D eigenvalue weighted by Crippen LogP contribution is -2.41. The second kappa shape index (κ2) is 6.13. The van der Waals surface area contributed by atoms with Gasteiger partial charge < -0.3 is 10.2 Å². The number of anilines is 1. The smallest absolute Gasteiger partial charge is 0.0562 e. The van der Waals surface area contributed by atoms with Crippen LogP contribution in [0.25, 0.3) is 0 Å². The lowest BCUT2D eigenvalue weighted by atomic mass is 9.94. The summed E-state index contributed by atoms with van der Waals surface area (Å²) in [7, 11) is 0. The predicted molar refractivity (Wildman–Crippen MR) is 86.0 cm³/mol. The summed E-state index contributed by atoms with van der Waals surface area (Å²) in [5.74, 6) is 0.788. The molecule has 2 unspecified atom stereocenters. The molecule has 3 nitrogen and oxygen atoms in total. The average Bonchev–Trinajstić information content (AvgIpc) is 2.39. The van der Waals surface area contributed by atoms with Gasteiger partial charge >= 0.3 is 0 Å². The van der Waals surface area contributed by atoms with Gasteiger partial charge in [0.15, 0.2) is 0 Å². The van der Waals surface area contributed by atoms with Crippen molar-refractivity contribution in [3.05, 3.63) is 24.0 Å². The van der Waals surface area contributed by atoms with E-state index in [0.29, 0.717) is 6.04 Å². The lowest BCUT2D eigenvalue weighted by molar-refractivity contribution is 0.390. The number of piperidine rings is 1. The van der Waals surface area contributed by atoms with Crippen LogP contribution in [0.15, 0.2) is 18.3 Å². The summed E-state index contributed by atoms with van der Waals surface area (Å²) < 4.78 is 0. The van der Waals surface area contributed by atoms with Gasteiger partial charge in [-0.1, -0.05) is 6.92 Å². The summed E-state index contributed by atoms with van der Waals surface area (Å²) in [6.07, 6.45) is 4.58. The Morgan fingerprint density at radius 1 is 1.30 bits per heavy atom. The highest BCUT2D eigenvalue weighted by atomic mass is 15.2. The van der Waals surface area contributed by atoms with Gasteiger partial charge in [-0.05, 0) is 58.6 Å². The molecular weight excluding hydrogens is 246 g/mol. The molecule has 0 radical (unpaired) electrons. The zero-order chi connectivity index (χ0) is 14.8. The van der Waals surface area contributed by atoms with Crippen molar-refractivity contribution < 1.29 is 0 Å². The Kier molecular flexibility index (Phi) is 4.69. The molecule has 0 amide bonds. The molecule has 0 aromatic carbocycles. The topological polar surface area (TPSA) is 28.2 Å². The van der Waals surface area contributed by atoms with Gasteiger partial charge in [-0.2, -0.15) is 0 Å². The first kappa shape index (κ1) is 15.3. The number of pyridine rings is 1. The molecule has 1 aromatic rings. The first-order chi connectivity index (χ1) is 9.35. The van der Waals surface area contributed by atoms with Crippen LogP contribution in [0.3, 0.4) is 0 Å². The van der Waals surface area contributed by atoms with E-state index in [-0.39, 0.29) is 5.54 Å². The van der Waals surface area contributed by atoms with E-state index in [1.807, 2.05) is 6.20 Å². The molecule has 0 aliphatic carbocycles. The largest absolute Gasteiger partial charge is 0.368 e. The van der Waals surface area contributed by atoms with Crippen molar-refractivity contribution >= 4 is 5.69 Å². The third-order valence-corrected chi connectivity index (χ3v) is 4.05. The minimum Gasteiger partial charge on any atom is -0.368 e. The van der Waals surface area contributed by atoms with Gasteiger partial charge in [-0.3, -0.25) is 4.98 Å². The van der Waals surface area contributed by atoms with Crippen molar-refractivity contribution in [2.75, 3.05) is 11.4 Å². The van der Waals surface area contributed by atoms with E-state index in [2.05, 4.69) is 62.0 Å². The maximum Gasteiger partial charge on any atom is 0.0562 e. The first-order valence-corrected chi connectivity index (χ1v) is 7.82. The highest BCUT2D eigenvalue weighted by Crippen LogP contribution is 2.27. The van der Waals surface area contributed by atoms with Crippen molar-refractivity contribution in [1.29, 1.82) is 0 Å². The van der Waals surface area contributed by atoms with Crippen molar-refractivity contribution in [2.45, 2.75) is 65.6 Å². The highest BCUT2D eigenvalue weighted by Gasteiger charge is 2.23. The highest BCUT2D eigenvalue weighted by molar-refractivity contribution is 5.48. The molecule has 2 heterocycles. The minimum atomic E-state index is 0.130. The molecule has 2 atom stereocenters. The number of nitrogens with one attached hydrogen (secondary N) is 1. The number of hydrogen-bond donors (Lipinski definition) is 1. The molecule has 2 rings (SSSR count). The maximum absolute atomic E-state index is 4.49. The fraction of sp³-hybridized carbons (Fsp3) is 0.706. The van der Waals surface area contributed by atoms with Crippen molar-refractivity contribution in [2.24, 2.45) is 5.92 Å². The fourth-order valence-electron chi connectivity index (χ4n) is 2.74. The number of rotatable bonds is 3. The minimum absolute atomic E-state index is 0.130. The van der Waals surface area contributed by atoms with Crippen LogP contribution in [0.1, 0.15) is 53.2 Å². The molecule has 1 aromatic heterocycles. The Labute approximate surface area is 123 Å². The van der Waals surface area contributed by atoms with Crippen molar-refractivity contribution in [3.63, 3.8) is 0 Å². The van der Waals surface area contributed by atoms with E-state index < -0.39 is 0 Å². The van der Waals surface area contributed by atoms with Crippen molar-refractivity contribution in [3.8, 4) is 0 Å². The SMILES string of the molecule is CC1CCC(C)N(c2ccnc(CNC(C)(C)C)c2)C1. The third kappa shape index (κ3) is 4.20. The second-order valence-corrected chi connectivity index (χ2v) is 7.29. The molecule has 1 aliphatic heterocycles. The molecule has 1 N–H and O–H groups in total. The first-order valence-electron chi connectivity index (χ1n) is 7.82. The predicted octanol–water partition coefficient (Wildman–Crippen LogP) is 3.59. The lowest BCUT2D eigenvalue weighted by Gasteiger charge is -2.38. The average molecular weight is 275 g/mol. The summed E-state index contributed by atoms with van der Waals surface area (Å²) in [6, 6.07) is 5.03. The van der Waals surface area contributed by atoms with Gasteiger partial charge in [0.2, 0.25) is 0 Å². The van der Waals surface area contributed by atoms with Crippen LogP contribution in [-0.2, 0) is 6.54 Å². The van der Waals surface area contributed by atoms with E-state index in [1.165, 1.54) is 18.5 Å². The summed E-state index contributed by atoms with van der Waals surface area (Å²) >= 11 is 0. The molecule has 0 spiro atoms. The molecule has 3 heteroatoms. The Morgan fingerprint density at radius 2 is 2.05 bits per heavy atom. The van der Waals surface area contributed by atoms with Gasteiger partial charge in [-0.15, -0.1) is 0 Å². The number of hydrogen-bond acceptors (Lipinski definition) is 3.